The number of nitrogens with zero attached hydrogens (tertiary/aromatic N) is 3. The number of carbonyl (C=O) groups excluding carboxylic acids is 5. The summed E-state index contributed by atoms with van der Waals surface area (Å²) < 4.78 is 0. The fourth-order valence-electron chi connectivity index (χ4n) is 7.15. The molecule has 1 rings (SSSR count). The van der Waals surface area contributed by atoms with Gasteiger partial charge in [-0.3, -0.25) is 43.5 Å². The molecule has 1 fully saturated rings. The van der Waals surface area contributed by atoms with Gasteiger partial charge in [-0.25, -0.2) is 4.79 Å². The predicted octanol–water partition coefficient (Wildman–Crippen LogP) is 2.06. The first-order valence-corrected chi connectivity index (χ1v) is 23.6. The number of unbranched alkanes of at least 4 members (excludes halogenated alkanes) is 11. The van der Waals surface area contributed by atoms with E-state index in [4.69, 9.17) is 10.2 Å². The smallest absolute Gasteiger partial charge is 0.326 e. The molecule has 1 aliphatic rings. The number of carbonyl (C=O) groups is 7. The van der Waals surface area contributed by atoms with Crippen LogP contribution in [0.4, 0.5) is 0 Å². The number of carboxylic acids is 2. The second-order valence-corrected chi connectivity index (χ2v) is 16.6. The van der Waals surface area contributed by atoms with E-state index in [2.05, 4.69) is 62.5 Å². The zero-order valence-electron chi connectivity index (χ0n) is 38.4. The molecule has 1 heterocycles. The van der Waals surface area contributed by atoms with Gasteiger partial charge in [0.1, 0.15) is 6.04 Å². The Labute approximate surface area is 371 Å². The van der Waals surface area contributed by atoms with Gasteiger partial charge in [0, 0.05) is 90.9 Å². The Hall–Kier alpha value is -3.87. The maximum absolute atomic E-state index is 13.3. The van der Waals surface area contributed by atoms with Crippen molar-refractivity contribution in [2.75, 3.05) is 91.6 Å². The monoisotopic (exact) mass is 882 g/mol. The standard InChI is InChI=1S/C44H83N9O9/c1-4-7-10-15-21-47-40(56)33-51-25-24-45-36(30-39(55)46-20-18-13-14-19-38(54)50-37(44(61)62)31-43(59)60)32-53(35-42(58)49-23-17-12-9-6-3)29-28-52(27-26-51)34-41(57)48-22-16-11-8-5-2/h36-37,45H,4-35H2,1-3H3,(H,46,55)(H,47,56)(H,48,57)(H,49,58)(H,50,54)(H,59,60)(H,61,62)/t36?,37-/m0/s1. The molecular formula is C44H83N9O9. The van der Waals surface area contributed by atoms with Crippen molar-refractivity contribution in [2.24, 2.45) is 0 Å². The molecule has 0 aromatic carbocycles. The third kappa shape index (κ3) is 31.0. The molecule has 8 N–H and O–H groups in total. The van der Waals surface area contributed by atoms with Gasteiger partial charge in [-0.15, -0.1) is 0 Å². The first-order chi connectivity index (χ1) is 29.9. The van der Waals surface area contributed by atoms with Crippen LogP contribution >= 0.6 is 0 Å². The second-order valence-electron chi connectivity index (χ2n) is 16.6. The zero-order chi connectivity index (χ0) is 45.8. The van der Waals surface area contributed by atoms with E-state index in [0.29, 0.717) is 91.3 Å². The normalized spacial score (nSPS) is 16.3. The lowest BCUT2D eigenvalue weighted by molar-refractivity contribution is -0.147. The Morgan fingerprint density at radius 2 is 0.952 bits per heavy atom. The molecule has 0 saturated carbocycles. The van der Waals surface area contributed by atoms with Gasteiger partial charge in [0.15, 0.2) is 0 Å². The molecule has 62 heavy (non-hydrogen) atoms. The van der Waals surface area contributed by atoms with Crippen LogP contribution in [0.25, 0.3) is 0 Å². The summed E-state index contributed by atoms with van der Waals surface area (Å²) in [5.41, 5.74) is 0. The summed E-state index contributed by atoms with van der Waals surface area (Å²) in [6.45, 7) is 12.8. The van der Waals surface area contributed by atoms with Crippen LogP contribution in [0, 0.1) is 0 Å². The van der Waals surface area contributed by atoms with Crippen LogP contribution in [-0.2, 0) is 33.6 Å². The minimum Gasteiger partial charge on any atom is -0.481 e. The van der Waals surface area contributed by atoms with Gasteiger partial charge in [0.2, 0.25) is 29.5 Å². The molecule has 5 amide bonds. The summed E-state index contributed by atoms with van der Waals surface area (Å²) in [4.78, 5) is 93.3. The molecule has 1 saturated heterocycles. The molecule has 1 unspecified atom stereocenters. The van der Waals surface area contributed by atoms with Crippen LogP contribution in [0.5, 0.6) is 0 Å². The van der Waals surface area contributed by atoms with E-state index in [1.807, 2.05) is 4.90 Å². The molecule has 0 aliphatic carbocycles. The number of nitrogens with one attached hydrogen (secondary N) is 6. The number of amides is 5. The van der Waals surface area contributed by atoms with Gasteiger partial charge in [0.25, 0.3) is 0 Å². The van der Waals surface area contributed by atoms with Gasteiger partial charge in [-0.1, -0.05) is 85.0 Å². The Bertz CT molecular complexity index is 1290. The maximum atomic E-state index is 13.3. The molecule has 0 aromatic rings. The number of hydrogen-bond donors (Lipinski definition) is 8. The molecule has 0 radical (unpaired) electrons. The third-order valence-electron chi connectivity index (χ3n) is 10.8. The molecule has 0 bridgehead atoms. The van der Waals surface area contributed by atoms with Crippen molar-refractivity contribution in [3.63, 3.8) is 0 Å². The predicted molar refractivity (Wildman–Crippen MR) is 240 cm³/mol. The highest BCUT2D eigenvalue weighted by atomic mass is 16.4. The zero-order valence-corrected chi connectivity index (χ0v) is 38.4. The lowest BCUT2D eigenvalue weighted by Gasteiger charge is -2.33. The highest BCUT2D eigenvalue weighted by Gasteiger charge is 2.24. The van der Waals surface area contributed by atoms with E-state index in [9.17, 15) is 33.6 Å². The van der Waals surface area contributed by atoms with Gasteiger partial charge >= 0.3 is 11.9 Å². The number of carboxylic acid groups (broad SMARTS) is 2. The molecule has 358 valence electrons. The average Bonchev–Trinajstić information content (AvgIpc) is 3.21. The highest BCUT2D eigenvalue weighted by Crippen LogP contribution is 2.06. The summed E-state index contributed by atoms with van der Waals surface area (Å²) in [7, 11) is 0. The average molecular weight is 882 g/mol. The highest BCUT2D eigenvalue weighted by molar-refractivity contribution is 5.86. The molecule has 1 aliphatic heterocycles. The van der Waals surface area contributed by atoms with Gasteiger partial charge in [-0.05, 0) is 32.1 Å². The maximum Gasteiger partial charge on any atom is 0.326 e. The van der Waals surface area contributed by atoms with E-state index < -0.39 is 30.3 Å². The van der Waals surface area contributed by atoms with E-state index in [-0.39, 0.29) is 62.1 Å². The first kappa shape index (κ1) is 56.1. The Kier molecular flexibility index (Phi) is 33.1. The quantitative estimate of drug-likeness (QED) is 0.0441. The topological polar surface area (TPSA) is 242 Å². The summed E-state index contributed by atoms with van der Waals surface area (Å²) in [6.07, 6.45) is 13.7. The van der Waals surface area contributed by atoms with Crippen molar-refractivity contribution in [1.82, 2.24) is 46.6 Å². The van der Waals surface area contributed by atoms with Gasteiger partial charge in [-0.2, -0.15) is 0 Å². The lowest BCUT2D eigenvalue weighted by Crippen LogP contribution is -2.53. The fraction of sp³-hybridized carbons (Fsp3) is 0.841. The summed E-state index contributed by atoms with van der Waals surface area (Å²) in [5.74, 6) is -3.64. The SMILES string of the molecule is CCCCCCNC(=O)CN1CCNC(CC(=O)NCCCCCC(=O)N[C@@H](CC(=O)O)C(=O)O)CN(CC(=O)NCCCCCC)CCN(CC(=O)NCCCCCC)CC1. The molecule has 18 nitrogen and oxygen atoms in total. The Morgan fingerprint density at radius 3 is 1.40 bits per heavy atom. The van der Waals surface area contributed by atoms with Gasteiger partial charge < -0.3 is 42.1 Å². The van der Waals surface area contributed by atoms with Gasteiger partial charge in [0.05, 0.1) is 26.1 Å². The fourth-order valence-corrected chi connectivity index (χ4v) is 7.15. The van der Waals surface area contributed by atoms with Crippen molar-refractivity contribution in [3.8, 4) is 0 Å². The molecule has 0 spiro atoms. The third-order valence-corrected chi connectivity index (χ3v) is 10.8. The molecular weight excluding hydrogens is 799 g/mol. The molecule has 0 aromatic heterocycles. The molecule has 18 heteroatoms. The van der Waals surface area contributed by atoms with Crippen molar-refractivity contribution in [3.05, 3.63) is 0 Å². The van der Waals surface area contributed by atoms with E-state index in [1.165, 1.54) is 0 Å². The van der Waals surface area contributed by atoms with Crippen molar-refractivity contribution in [1.29, 1.82) is 0 Å². The number of aliphatic carboxylic acids is 2. The van der Waals surface area contributed by atoms with Crippen LogP contribution in [-0.4, -0.2) is 170 Å². The van der Waals surface area contributed by atoms with E-state index >= 15 is 0 Å². The number of hydrogen-bond acceptors (Lipinski definition) is 11. The summed E-state index contributed by atoms with van der Waals surface area (Å²) in [5, 5.41) is 36.0. The molecule has 2 atom stereocenters. The largest absolute Gasteiger partial charge is 0.481 e. The minimum absolute atomic E-state index is 0.0320. The van der Waals surface area contributed by atoms with Crippen molar-refractivity contribution < 1.29 is 43.8 Å². The van der Waals surface area contributed by atoms with Crippen molar-refractivity contribution >= 4 is 41.5 Å². The van der Waals surface area contributed by atoms with Crippen LogP contribution < -0.4 is 31.9 Å². The van der Waals surface area contributed by atoms with Crippen molar-refractivity contribution in [2.45, 2.75) is 148 Å². The van der Waals surface area contributed by atoms with E-state index in [1.54, 1.807) is 0 Å². The summed E-state index contributed by atoms with van der Waals surface area (Å²) >= 11 is 0. The summed E-state index contributed by atoms with van der Waals surface area (Å²) in [6, 6.07) is -1.81. The van der Waals surface area contributed by atoms with E-state index in [0.717, 1.165) is 77.0 Å². The number of rotatable bonds is 33. The lowest BCUT2D eigenvalue weighted by atomic mass is 10.1. The minimum atomic E-state index is -1.49. The van der Waals surface area contributed by atoms with Crippen LogP contribution in [0.3, 0.4) is 0 Å². The van der Waals surface area contributed by atoms with Crippen LogP contribution in [0.1, 0.15) is 136 Å². The van der Waals surface area contributed by atoms with Crippen LogP contribution in [0.2, 0.25) is 0 Å². The Balaban J connectivity index is 3.02. The Morgan fingerprint density at radius 1 is 0.532 bits per heavy atom. The first-order valence-electron chi connectivity index (χ1n) is 23.6. The van der Waals surface area contributed by atoms with Crippen LogP contribution in [0.15, 0.2) is 0 Å². The second kappa shape index (κ2) is 36.6.